The van der Waals surface area contributed by atoms with E-state index in [9.17, 15) is 0 Å². The summed E-state index contributed by atoms with van der Waals surface area (Å²) in [5, 5.41) is 8.54. The summed E-state index contributed by atoms with van der Waals surface area (Å²) >= 11 is 0. The second kappa shape index (κ2) is 2.03. The van der Waals surface area contributed by atoms with Crippen molar-refractivity contribution >= 4 is 0 Å². The molecular weight excluding hydrogens is 102 g/mol. The van der Waals surface area contributed by atoms with Crippen molar-refractivity contribution in [1.82, 2.24) is 0 Å². The highest BCUT2D eigenvalue weighted by Gasteiger charge is 2.07. The summed E-state index contributed by atoms with van der Waals surface area (Å²) in [5.41, 5.74) is 8.95. The summed E-state index contributed by atoms with van der Waals surface area (Å²) in [5.74, 6) is 0.231. The minimum Gasteiger partial charge on any atom is -0.396 e. The first-order chi connectivity index (χ1) is 3.83. The monoisotopic (exact) mass is 111 g/mol. The van der Waals surface area contributed by atoms with Crippen molar-refractivity contribution in [2.75, 3.05) is 6.61 Å². The highest BCUT2D eigenvalue weighted by Crippen LogP contribution is 2.12. The Labute approximate surface area is 48.3 Å². The van der Waals surface area contributed by atoms with Crippen LogP contribution in [0.1, 0.15) is 6.42 Å². The Bertz CT molecular complexity index is 145. The van der Waals surface area contributed by atoms with Crippen LogP contribution in [0.15, 0.2) is 17.5 Å². The van der Waals surface area contributed by atoms with Crippen LogP contribution < -0.4 is 5.73 Å². The zero-order valence-corrected chi connectivity index (χ0v) is 4.59. The molecule has 0 aliphatic heterocycles. The third kappa shape index (κ3) is 0.915. The molecule has 0 heterocycles. The topological polar surface area (TPSA) is 46.2 Å². The molecule has 0 radical (unpaired) electrons. The predicted molar refractivity (Wildman–Crippen MR) is 31.0 cm³/mol. The predicted octanol–water partition coefficient (Wildman–Crippen LogP) is -0.00370. The summed E-state index contributed by atoms with van der Waals surface area (Å²) in [7, 11) is 0. The number of hydrogen-bond donors (Lipinski definition) is 2. The molecule has 1 unspecified atom stereocenters. The van der Waals surface area contributed by atoms with Crippen LogP contribution in [0.25, 0.3) is 0 Å². The Balaban J connectivity index is 2.46. The SMILES string of the molecule is NC1=C=CC(CO)C1. The maximum absolute atomic E-state index is 8.54. The Morgan fingerprint density at radius 3 is 3.00 bits per heavy atom. The molecule has 3 N–H and O–H groups in total. The van der Waals surface area contributed by atoms with Gasteiger partial charge in [-0.3, -0.25) is 0 Å². The van der Waals surface area contributed by atoms with E-state index in [1.807, 2.05) is 6.08 Å². The Morgan fingerprint density at radius 2 is 2.75 bits per heavy atom. The number of aliphatic hydroxyl groups is 1. The van der Waals surface area contributed by atoms with Gasteiger partial charge < -0.3 is 10.8 Å². The van der Waals surface area contributed by atoms with Crippen LogP contribution in [0.2, 0.25) is 0 Å². The van der Waals surface area contributed by atoms with E-state index in [0.717, 1.165) is 12.1 Å². The van der Waals surface area contributed by atoms with Gasteiger partial charge in [-0.05, 0) is 6.08 Å². The zero-order chi connectivity index (χ0) is 5.98. The number of aliphatic hydroxyl groups excluding tert-OH is 1. The largest absolute Gasteiger partial charge is 0.396 e. The lowest BCUT2D eigenvalue weighted by Gasteiger charge is -1.99. The van der Waals surface area contributed by atoms with Gasteiger partial charge in [0.15, 0.2) is 0 Å². The first-order valence-electron chi connectivity index (χ1n) is 2.65. The van der Waals surface area contributed by atoms with Gasteiger partial charge in [0.1, 0.15) is 0 Å². The molecule has 44 valence electrons. The smallest absolute Gasteiger partial charge is 0.0515 e. The lowest BCUT2D eigenvalue weighted by molar-refractivity contribution is 0.254. The third-order valence-corrected chi connectivity index (χ3v) is 1.22. The summed E-state index contributed by atoms with van der Waals surface area (Å²) in [6.07, 6.45) is 2.59. The van der Waals surface area contributed by atoms with E-state index in [-0.39, 0.29) is 12.5 Å². The van der Waals surface area contributed by atoms with Gasteiger partial charge in [0.25, 0.3) is 0 Å². The van der Waals surface area contributed by atoms with Crippen LogP contribution in [0.3, 0.4) is 0 Å². The van der Waals surface area contributed by atoms with E-state index in [1.54, 1.807) is 0 Å². The Hall–Kier alpha value is -0.720. The molecule has 1 atom stereocenters. The van der Waals surface area contributed by atoms with Gasteiger partial charge in [0.05, 0.1) is 12.3 Å². The van der Waals surface area contributed by atoms with Gasteiger partial charge in [-0.15, -0.1) is 5.73 Å². The molecule has 0 aromatic heterocycles. The summed E-state index contributed by atoms with van der Waals surface area (Å²) in [4.78, 5) is 0. The maximum Gasteiger partial charge on any atom is 0.0515 e. The van der Waals surface area contributed by atoms with E-state index < -0.39 is 0 Å². The van der Waals surface area contributed by atoms with E-state index in [1.165, 1.54) is 0 Å². The molecule has 2 heteroatoms. The van der Waals surface area contributed by atoms with Crippen LogP contribution >= 0.6 is 0 Å². The van der Waals surface area contributed by atoms with E-state index in [0.29, 0.717) is 0 Å². The van der Waals surface area contributed by atoms with E-state index in [4.69, 9.17) is 10.8 Å². The van der Waals surface area contributed by atoms with Gasteiger partial charge in [-0.25, -0.2) is 0 Å². The molecule has 0 bridgehead atoms. The van der Waals surface area contributed by atoms with Gasteiger partial charge in [0.2, 0.25) is 0 Å². The summed E-state index contributed by atoms with van der Waals surface area (Å²) in [6.45, 7) is 0.188. The summed E-state index contributed by atoms with van der Waals surface area (Å²) < 4.78 is 0. The zero-order valence-electron chi connectivity index (χ0n) is 4.59. The van der Waals surface area contributed by atoms with Crippen LogP contribution in [0.5, 0.6) is 0 Å². The van der Waals surface area contributed by atoms with Gasteiger partial charge in [0, 0.05) is 12.3 Å². The molecule has 1 aliphatic rings. The molecule has 0 fully saturated rings. The molecule has 0 saturated heterocycles. The van der Waals surface area contributed by atoms with Crippen molar-refractivity contribution < 1.29 is 5.11 Å². The average molecular weight is 111 g/mol. The molecule has 2 nitrogen and oxygen atoms in total. The van der Waals surface area contributed by atoms with Gasteiger partial charge in [-0.2, -0.15) is 0 Å². The van der Waals surface area contributed by atoms with Crippen molar-refractivity contribution in [1.29, 1.82) is 0 Å². The maximum atomic E-state index is 8.54. The third-order valence-electron chi connectivity index (χ3n) is 1.22. The molecule has 1 rings (SSSR count). The van der Waals surface area contributed by atoms with Crippen LogP contribution in [-0.2, 0) is 0 Å². The molecule has 8 heavy (non-hydrogen) atoms. The van der Waals surface area contributed by atoms with Crippen LogP contribution in [-0.4, -0.2) is 11.7 Å². The van der Waals surface area contributed by atoms with Crippen molar-refractivity contribution in [3.05, 3.63) is 17.5 Å². The second-order valence-corrected chi connectivity index (χ2v) is 1.98. The molecule has 0 saturated carbocycles. The molecule has 0 amide bonds. The number of nitrogens with two attached hydrogens (primary N) is 1. The molecular formula is C6H9NO. The first kappa shape index (κ1) is 5.42. The number of rotatable bonds is 1. The van der Waals surface area contributed by atoms with Gasteiger partial charge >= 0.3 is 0 Å². The second-order valence-electron chi connectivity index (χ2n) is 1.98. The van der Waals surface area contributed by atoms with Crippen LogP contribution in [0, 0.1) is 5.92 Å². The molecule has 0 aromatic rings. The van der Waals surface area contributed by atoms with Crippen molar-refractivity contribution in [3.63, 3.8) is 0 Å². The standard InChI is InChI=1S/C6H9NO/c7-6-2-1-5(3-6)4-8/h1,5,8H,3-4,7H2. The average Bonchev–Trinajstić information content (AvgIpc) is 2.14. The Morgan fingerprint density at radius 1 is 2.00 bits per heavy atom. The highest BCUT2D eigenvalue weighted by molar-refractivity contribution is 5.08. The Kier molecular flexibility index (Phi) is 1.38. The van der Waals surface area contributed by atoms with E-state index in [2.05, 4.69) is 5.73 Å². The van der Waals surface area contributed by atoms with Gasteiger partial charge in [-0.1, -0.05) is 0 Å². The molecule has 1 aliphatic carbocycles. The van der Waals surface area contributed by atoms with Crippen molar-refractivity contribution in [2.24, 2.45) is 11.7 Å². The van der Waals surface area contributed by atoms with Crippen LogP contribution in [0.4, 0.5) is 0 Å². The fraction of sp³-hybridized carbons (Fsp3) is 0.500. The quantitative estimate of drug-likeness (QED) is 0.468. The van der Waals surface area contributed by atoms with Crippen molar-refractivity contribution in [3.8, 4) is 0 Å². The molecule has 0 spiro atoms. The highest BCUT2D eigenvalue weighted by atomic mass is 16.3. The normalized spacial score (nSPS) is 26.1. The molecule has 0 aromatic carbocycles. The first-order valence-corrected chi connectivity index (χ1v) is 2.65. The van der Waals surface area contributed by atoms with Crippen molar-refractivity contribution in [2.45, 2.75) is 6.42 Å². The lowest BCUT2D eigenvalue weighted by Crippen LogP contribution is -2.02. The minimum atomic E-state index is 0.188. The summed E-state index contributed by atoms with van der Waals surface area (Å²) in [6, 6.07) is 0. The fourth-order valence-corrected chi connectivity index (χ4v) is 0.742. The lowest BCUT2D eigenvalue weighted by atomic mass is 10.1. The fourth-order valence-electron chi connectivity index (χ4n) is 0.742. The number of hydrogen-bond acceptors (Lipinski definition) is 2. The van der Waals surface area contributed by atoms with E-state index >= 15 is 0 Å². The minimum absolute atomic E-state index is 0.188.